The van der Waals surface area contributed by atoms with Crippen LogP contribution in [-0.2, 0) is 16.9 Å². The fraction of sp³-hybridized carbons (Fsp3) is 0.385. The molecule has 0 bridgehead atoms. The second-order valence-corrected chi connectivity index (χ2v) is 6.79. The molecule has 4 heteroatoms. The van der Waals surface area contributed by atoms with Gasteiger partial charge in [0.25, 0.3) is 0 Å². The van der Waals surface area contributed by atoms with Crippen LogP contribution in [0.25, 0.3) is 10.9 Å². The third-order valence-electron chi connectivity index (χ3n) is 3.07. The van der Waals surface area contributed by atoms with Crippen LogP contribution in [0.4, 0.5) is 0 Å². The second-order valence-electron chi connectivity index (χ2n) is 4.78. The summed E-state index contributed by atoms with van der Waals surface area (Å²) >= 11 is 0. The molecule has 0 atom stereocenters. The monoisotopic (exact) mass is 251 g/mol. The third kappa shape index (κ3) is 2.09. The number of aryl methyl sites for hydroxylation is 1. The van der Waals surface area contributed by atoms with Crippen molar-refractivity contribution < 1.29 is 8.42 Å². The topological polar surface area (TPSA) is 39.1 Å². The van der Waals surface area contributed by atoms with Gasteiger partial charge in [-0.3, -0.25) is 0 Å². The standard InChI is InChI=1S/C13H17NO2S/c1-9(2)12-7-10-5-6-11(17(4,15)16)8-13(10)14(12)3/h5-9H,1-4H3. The van der Waals surface area contributed by atoms with Crippen LogP contribution in [0.5, 0.6) is 0 Å². The lowest BCUT2D eigenvalue weighted by molar-refractivity contribution is 0.602. The van der Waals surface area contributed by atoms with Crippen LogP contribution in [-0.4, -0.2) is 19.2 Å². The molecule has 0 radical (unpaired) electrons. The van der Waals surface area contributed by atoms with Gasteiger partial charge in [-0.05, 0) is 29.5 Å². The van der Waals surface area contributed by atoms with E-state index in [1.54, 1.807) is 12.1 Å². The number of fused-ring (bicyclic) bond motifs is 1. The second kappa shape index (κ2) is 3.88. The zero-order valence-electron chi connectivity index (χ0n) is 10.6. The van der Waals surface area contributed by atoms with Crippen LogP contribution in [0.1, 0.15) is 25.5 Å². The molecule has 2 aromatic rings. The van der Waals surface area contributed by atoms with Crippen LogP contribution in [0.2, 0.25) is 0 Å². The molecular formula is C13H17NO2S. The van der Waals surface area contributed by atoms with Gasteiger partial charge in [0.15, 0.2) is 9.84 Å². The van der Waals surface area contributed by atoms with Gasteiger partial charge in [-0.2, -0.15) is 0 Å². The first-order valence-corrected chi connectivity index (χ1v) is 7.49. The molecule has 0 saturated heterocycles. The minimum Gasteiger partial charge on any atom is -0.347 e. The van der Waals surface area contributed by atoms with Crippen LogP contribution >= 0.6 is 0 Å². The van der Waals surface area contributed by atoms with Gasteiger partial charge in [-0.25, -0.2) is 8.42 Å². The Morgan fingerprint density at radius 3 is 2.35 bits per heavy atom. The highest BCUT2D eigenvalue weighted by molar-refractivity contribution is 7.90. The van der Waals surface area contributed by atoms with E-state index in [0.717, 1.165) is 10.9 Å². The van der Waals surface area contributed by atoms with E-state index in [1.807, 2.05) is 13.1 Å². The van der Waals surface area contributed by atoms with Crippen LogP contribution in [0, 0.1) is 0 Å². The van der Waals surface area contributed by atoms with E-state index >= 15 is 0 Å². The molecule has 0 spiro atoms. The van der Waals surface area contributed by atoms with Crippen LogP contribution in [0.15, 0.2) is 29.2 Å². The Kier molecular flexibility index (Phi) is 2.78. The van der Waals surface area contributed by atoms with E-state index in [2.05, 4.69) is 24.5 Å². The molecule has 1 heterocycles. The molecule has 1 aromatic heterocycles. The molecule has 0 saturated carbocycles. The summed E-state index contributed by atoms with van der Waals surface area (Å²) in [5.41, 5.74) is 2.18. The van der Waals surface area contributed by atoms with Crippen molar-refractivity contribution >= 4 is 20.7 Å². The Labute approximate surface area is 102 Å². The fourth-order valence-electron chi connectivity index (χ4n) is 2.12. The van der Waals surface area contributed by atoms with Crippen molar-refractivity contribution in [3.8, 4) is 0 Å². The minimum absolute atomic E-state index is 0.376. The number of benzene rings is 1. The first-order valence-electron chi connectivity index (χ1n) is 5.60. The van der Waals surface area contributed by atoms with Crippen LogP contribution < -0.4 is 0 Å². The van der Waals surface area contributed by atoms with Crippen LogP contribution in [0.3, 0.4) is 0 Å². The molecule has 17 heavy (non-hydrogen) atoms. The van der Waals surface area contributed by atoms with Gasteiger partial charge in [-0.1, -0.05) is 19.9 Å². The van der Waals surface area contributed by atoms with Crippen molar-refractivity contribution in [2.24, 2.45) is 7.05 Å². The van der Waals surface area contributed by atoms with E-state index in [4.69, 9.17) is 0 Å². The van der Waals surface area contributed by atoms with Gasteiger partial charge in [0.1, 0.15) is 0 Å². The third-order valence-corrected chi connectivity index (χ3v) is 4.18. The molecule has 1 aromatic carbocycles. The smallest absolute Gasteiger partial charge is 0.175 e. The van der Waals surface area contributed by atoms with Crippen molar-refractivity contribution in [1.82, 2.24) is 4.57 Å². The summed E-state index contributed by atoms with van der Waals surface area (Å²) in [7, 11) is -1.16. The van der Waals surface area contributed by atoms with E-state index in [1.165, 1.54) is 11.9 Å². The van der Waals surface area contributed by atoms with Crippen molar-refractivity contribution in [2.75, 3.05) is 6.26 Å². The van der Waals surface area contributed by atoms with Crippen molar-refractivity contribution in [3.05, 3.63) is 30.0 Å². The molecule has 0 aliphatic heterocycles. The Balaban J connectivity index is 2.74. The minimum atomic E-state index is -3.14. The maximum absolute atomic E-state index is 11.5. The zero-order valence-corrected chi connectivity index (χ0v) is 11.4. The van der Waals surface area contributed by atoms with Gasteiger partial charge in [-0.15, -0.1) is 0 Å². The summed E-state index contributed by atoms with van der Waals surface area (Å²) in [5.74, 6) is 0.425. The Morgan fingerprint density at radius 1 is 1.18 bits per heavy atom. The predicted molar refractivity (Wildman–Crippen MR) is 70.1 cm³/mol. The van der Waals surface area contributed by atoms with E-state index in [9.17, 15) is 8.42 Å². The lowest BCUT2D eigenvalue weighted by Crippen LogP contribution is -1.99. The molecule has 2 rings (SSSR count). The number of sulfone groups is 1. The molecule has 92 valence electrons. The van der Waals surface area contributed by atoms with Crippen molar-refractivity contribution in [2.45, 2.75) is 24.7 Å². The van der Waals surface area contributed by atoms with Crippen molar-refractivity contribution in [3.63, 3.8) is 0 Å². The zero-order chi connectivity index (χ0) is 12.8. The van der Waals surface area contributed by atoms with Gasteiger partial charge in [0, 0.05) is 24.5 Å². The average Bonchev–Trinajstić information content (AvgIpc) is 2.54. The molecule has 0 aliphatic rings. The Hall–Kier alpha value is -1.29. The van der Waals surface area contributed by atoms with Gasteiger partial charge in [0.05, 0.1) is 4.90 Å². The Bertz CT molecular complexity index is 666. The quantitative estimate of drug-likeness (QED) is 0.823. The molecular weight excluding hydrogens is 234 g/mol. The molecule has 0 amide bonds. The molecule has 3 nitrogen and oxygen atoms in total. The number of nitrogens with zero attached hydrogens (tertiary/aromatic N) is 1. The summed E-state index contributed by atoms with van der Waals surface area (Å²) in [6.07, 6.45) is 1.24. The molecule has 0 N–H and O–H groups in total. The molecule has 0 unspecified atom stereocenters. The molecule has 0 aliphatic carbocycles. The number of hydrogen-bond donors (Lipinski definition) is 0. The normalized spacial score (nSPS) is 12.5. The van der Waals surface area contributed by atoms with E-state index in [-0.39, 0.29) is 0 Å². The maximum Gasteiger partial charge on any atom is 0.175 e. The predicted octanol–water partition coefficient (Wildman–Crippen LogP) is 2.71. The average molecular weight is 251 g/mol. The van der Waals surface area contributed by atoms with E-state index < -0.39 is 9.84 Å². The summed E-state index contributed by atoms with van der Waals surface area (Å²) in [6.45, 7) is 4.26. The highest BCUT2D eigenvalue weighted by Crippen LogP contribution is 2.26. The maximum atomic E-state index is 11.5. The first kappa shape index (κ1) is 12.2. The summed E-state index contributed by atoms with van der Waals surface area (Å²) < 4.78 is 25.1. The first-order chi connectivity index (χ1) is 7.80. The van der Waals surface area contributed by atoms with Gasteiger partial charge < -0.3 is 4.57 Å². The summed E-state index contributed by atoms with van der Waals surface area (Å²) in [4.78, 5) is 0.376. The highest BCUT2D eigenvalue weighted by Gasteiger charge is 2.12. The van der Waals surface area contributed by atoms with Crippen molar-refractivity contribution in [1.29, 1.82) is 0 Å². The number of rotatable bonds is 2. The lowest BCUT2D eigenvalue weighted by Gasteiger charge is -2.07. The SMILES string of the molecule is CC(C)c1cc2ccc(S(C)(=O)=O)cc2n1C. The lowest BCUT2D eigenvalue weighted by atomic mass is 10.1. The number of aromatic nitrogens is 1. The van der Waals surface area contributed by atoms with E-state index in [0.29, 0.717) is 10.8 Å². The largest absolute Gasteiger partial charge is 0.347 e. The molecule has 0 fully saturated rings. The Morgan fingerprint density at radius 2 is 1.82 bits per heavy atom. The van der Waals surface area contributed by atoms with Gasteiger partial charge >= 0.3 is 0 Å². The number of hydrogen-bond acceptors (Lipinski definition) is 2. The summed E-state index contributed by atoms with van der Waals surface area (Å²) in [6, 6.07) is 7.40. The van der Waals surface area contributed by atoms with Gasteiger partial charge in [0.2, 0.25) is 0 Å². The summed E-state index contributed by atoms with van der Waals surface area (Å²) in [5, 5.41) is 1.09. The fourth-order valence-corrected chi connectivity index (χ4v) is 2.76. The highest BCUT2D eigenvalue weighted by atomic mass is 32.2.